The summed E-state index contributed by atoms with van der Waals surface area (Å²) in [5.41, 5.74) is 0. The molecule has 5 heteroatoms. The second-order valence-corrected chi connectivity index (χ2v) is 20.6. The molecule has 0 aliphatic rings. The summed E-state index contributed by atoms with van der Waals surface area (Å²) in [4.78, 5) is 20.7. The van der Waals surface area contributed by atoms with Crippen LogP contribution in [0.5, 0.6) is 0 Å². The third-order valence-corrected chi connectivity index (χ3v) is 14.0. The summed E-state index contributed by atoms with van der Waals surface area (Å²) in [7, 11) is 0. The normalized spacial score (nSPS) is 11.1. The molecule has 0 atom stereocenters. The predicted molar refractivity (Wildman–Crippen MR) is 286 cm³/mol. The molecular weight excluding hydrogens is 825 g/mol. The molecule has 0 saturated heterocycles. The second kappa shape index (κ2) is 66.3. The third-order valence-electron chi connectivity index (χ3n) is 14.0. The molecule has 0 aromatic carbocycles. The van der Waals surface area contributed by atoms with Gasteiger partial charge in [0.25, 0.3) is 0 Å². The van der Waals surface area contributed by atoms with E-state index in [0.29, 0.717) is 0 Å². The summed E-state index contributed by atoms with van der Waals surface area (Å²) >= 11 is 0. The van der Waals surface area contributed by atoms with Crippen LogP contribution in [0.4, 0.5) is 0 Å². The molecule has 0 aliphatic carbocycles. The Labute approximate surface area is 439 Å². The van der Waals surface area contributed by atoms with Gasteiger partial charge in [-0.2, -0.15) is 0 Å². The topological polar surface area (TPSA) is 80.3 Å². The van der Waals surface area contributed by atoms with E-state index in [1.54, 1.807) is 0 Å². The standard InChI is InChI=1S/2C30H60O2.Ca/c2*1-2-3-4-5-6-7-8-9-10-11-12-13-14-15-16-17-18-19-20-21-22-23-24-25-26-27-28-29-30(31)32;/h2*2-29H2,1H3,(H,31,32);/q;;+2/p-2. The fourth-order valence-corrected chi connectivity index (χ4v) is 9.52. The molecule has 0 amide bonds. The number of hydrogen-bond acceptors (Lipinski definition) is 4. The number of carbonyl (C=O) groups excluding carboxylic acids is 2. The summed E-state index contributed by atoms with van der Waals surface area (Å²) in [6, 6.07) is 0. The van der Waals surface area contributed by atoms with E-state index in [9.17, 15) is 19.8 Å². The fraction of sp³-hybridized carbons (Fsp3) is 0.967. The van der Waals surface area contributed by atoms with Crippen LogP contribution in [0, 0.1) is 0 Å². The van der Waals surface area contributed by atoms with Crippen LogP contribution in [0.3, 0.4) is 0 Å². The van der Waals surface area contributed by atoms with Gasteiger partial charge < -0.3 is 19.8 Å². The van der Waals surface area contributed by atoms with Gasteiger partial charge >= 0.3 is 37.7 Å². The average Bonchev–Trinajstić information content (AvgIpc) is 3.28. The Morgan fingerprint density at radius 3 is 0.385 bits per heavy atom. The van der Waals surface area contributed by atoms with Gasteiger partial charge in [-0.3, -0.25) is 0 Å². The van der Waals surface area contributed by atoms with Crippen LogP contribution in [-0.4, -0.2) is 49.7 Å². The summed E-state index contributed by atoms with van der Waals surface area (Å²) in [5, 5.41) is 20.7. The molecule has 0 fully saturated rings. The molecule has 384 valence electrons. The van der Waals surface area contributed by atoms with Crippen LogP contribution >= 0.6 is 0 Å². The predicted octanol–water partition coefficient (Wildman–Crippen LogP) is 19.0. The smallest absolute Gasteiger partial charge is 0.550 e. The van der Waals surface area contributed by atoms with E-state index in [1.807, 2.05) is 0 Å². The zero-order valence-corrected chi connectivity index (χ0v) is 47.1. The van der Waals surface area contributed by atoms with Gasteiger partial charge in [-0.1, -0.05) is 348 Å². The second-order valence-electron chi connectivity index (χ2n) is 20.6. The fourth-order valence-electron chi connectivity index (χ4n) is 9.52. The number of carbonyl (C=O) groups is 2. The molecule has 0 N–H and O–H groups in total. The maximum absolute atomic E-state index is 10.3. The Morgan fingerprint density at radius 1 is 0.200 bits per heavy atom. The molecule has 4 nitrogen and oxygen atoms in total. The Balaban J connectivity index is -0.00000116. The number of hydrogen-bond donors (Lipinski definition) is 0. The van der Waals surface area contributed by atoms with E-state index in [-0.39, 0.29) is 50.6 Å². The van der Waals surface area contributed by atoms with Crippen molar-refractivity contribution in [2.75, 3.05) is 0 Å². The Bertz CT molecular complexity index is 781. The first kappa shape index (κ1) is 69.5. The van der Waals surface area contributed by atoms with Gasteiger partial charge in [-0.15, -0.1) is 0 Å². The zero-order chi connectivity index (χ0) is 46.8. The molecule has 0 aromatic rings. The van der Waals surface area contributed by atoms with Crippen molar-refractivity contribution in [3.63, 3.8) is 0 Å². The van der Waals surface area contributed by atoms with Gasteiger partial charge in [0, 0.05) is 11.9 Å². The van der Waals surface area contributed by atoms with E-state index in [1.165, 1.54) is 321 Å². The number of aliphatic carboxylic acids is 2. The zero-order valence-electron chi connectivity index (χ0n) is 44.9. The minimum Gasteiger partial charge on any atom is -0.550 e. The number of rotatable bonds is 56. The summed E-state index contributed by atoms with van der Waals surface area (Å²) in [6.07, 6.45) is 75.2. The minimum atomic E-state index is -0.899. The van der Waals surface area contributed by atoms with Crippen molar-refractivity contribution >= 4 is 49.7 Å². The quantitative estimate of drug-likeness (QED) is 0.0449. The van der Waals surface area contributed by atoms with Gasteiger partial charge in [-0.05, 0) is 25.7 Å². The first-order valence-corrected chi connectivity index (χ1v) is 29.9. The summed E-state index contributed by atoms with van der Waals surface area (Å²) < 4.78 is 0. The number of unbranched alkanes of at least 4 members (excludes halogenated alkanes) is 52. The average molecular weight is 944 g/mol. The molecule has 0 unspecified atom stereocenters. The van der Waals surface area contributed by atoms with Gasteiger partial charge in [0.2, 0.25) is 0 Å². The molecule has 65 heavy (non-hydrogen) atoms. The van der Waals surface area contributed by atoms with Gasteiger partial charge in [-0.25, -0.2) is 0 Å². The van der Waals surface area contributed by atoms with Crippen LogP contribution < -0.4 is 10.2 Å². The van der Waals surface area contributed by atoms with Crippen LogP contribution in [0.2, 0.25) is 0 Å². The van der Waals surface area contributed by atoms with E-state index >= 15 is 0 Å². The van der Waals surface area contributed by atoms with Gasteiger partial charge in [0.1, 0.15) is 0 Å². The molecule has 0 heterocycles. The van der Waals surface area contributed by atoms with Gasteiger partial charge in [0.15, 0.2) is 0 Å². The summed E-state index contributed by atoms with van der Waals surface area (Å²) in [6.45, 7) is 4.59. The molecule has 0 saturated carbocycles. The Hall–Kier alpha value is 0.200. The molecule has 0 spiro atoms. The first-order valence-electron chi connectivity index (χ1n) is 29.9. The van der Waals surface area contributed by atoms with Crippen molar-refractivity contribution in [2.45, 2.75) is 373 Å². The minimum absolute atomic E-state index is 0. The van der Waals surface area contributed by atoms with E-state index in [2.05, 4.69) is 13.8 Å². The number of carboxylic acid groups (broad SMARTS) is 2. The van der Waals surface area contributed by atoms with Crippen molar-refractivity contribution in [1.82, 2.24) is 0 Å². The monoisotopic (exact) mass is 943 g/mol. The SMILES string of the molecule is CCCCCCCCCCCCCCCCCCCCCCCCCCCCCC(=O)[O-].CCCCCCCCCCCCCCCCCCCCCCCCCCCCCC(=O)[O-].[Ca+2]. The molecule has 0 radical (unpaired) electrons. The van der Waals surface area contributed by atoms with E-state index in [4.69, 9.17) is 0 Å². The van der Waals surface area contributed by atoms with Crippen LogP contribution in [0.25, 0.3) is 0 Å². The Morgan fingerprint density at radius 2 is 0.292 bits per heavy atom. The molecule has 0 rings (SSSR count). The summed E-state index contributed by atoms with van der Waals surface area (Å²) in [5.74, 6) is -1.80. The van der Waals surface area contributed by atoms with Crippen molar-refractivity contribution in [3.05, 3.63) is 0 Å². The first-order chi connectivity index (χ1) is 31.5. The Kier molecular flexibility index (Phi) is 70.8. The molecule has 0 aromatic heterocycles. The van der Waals surface area contributed by atoms with Crippen molar-refractivity contribution in [2.24, 2.45) is 0 Å². The molecular formula is C60H118CaO4. The number of carboxylic acids is 2. The van der Waals surface area contributed by atoms with Crippen molar-refractivity contribution in [3.8, 4) is 0 Å². The van der Waals surface area contributed by atoms with Crippen LogP contribution in [0.1, 0.15) is 373 Å². The molecule has 0 aliphatic heterocycles. The van der Waals surface area contributed by atoms with E-state index < -0.39 is 11.9 Å². The van der Waals surface area contributed by atoms with E-state index in [0.717, 1.165) is 25.7 Å². The van der Waals surface area contributed by atoms with Crippen LogP contribution in [-0.2, 0) is 9.59 Å². The van der Waals surface area contributed by atoms with Crippen molar-refractivity contribution in [1.29, 1.82) is 0 Å². The maximum Gasteiger partial charge on any atom is 2.00 e. The maximum atomic E-state index is 10.3. The van der Waals surface area contributed by atoms with Crippen molar-refractivity contribution < 1.29 is 19.8 Å². The molecule has 0 bridgehead atoms. The van der Waals surface area contributed by atoms with Crippen LogP contribution in [0.15, 0.2) is 0 Å². The largest absolute Gasteiger partial charge is 2.00 e. The third kappa shape index (κ3) is 73.3. The van der Waals surface area contributed by atoms with Gasteiger partial charge in [0.05, 0.1) is 0 Å².